The number of hydrogen-bond donors (Lipinski definition) is 0. The van der Waals surface area contributed by atoms with E-state index in [0.717, 1.165) is 5.56 Å². The molecule has 1 aromatic rings. The summed E-state index contributed by atoms with van der Waals surface area (Å²) in [6.07, 6.45) is 3.27. The lowest BCUT2D eigenvalue weighted by atomic mass is 10.1. The lowest BCUT2D eigenvalue weighted by Crippen LogP contribution is -2.04. The number of carbonyl (C=O) groups is 1. The van der Waals surface area contributed by atoms with Crippen molar-refractivity contribution in [1.82, 2.24) is 0 Å². The molecule has 0 aromatic heterocycles. The van der Waals surface area contributed by atoms with E-state index >= 15 is 0 Å². The molecule has 8 heteroatoms. The molecule has 138 valence electrons. The molecule has 0 saturated heterocycles. The maximum absolute atomic E-state index is 12.1. The van der Waals surface area contributed by atoms with Gasteiger partial charge in [-0.3, -0.25) is 4.79 Å². The third kappa shape index (κ3) is 10.5. The number of rotatable bonds is 12. The molecular weight excluding hydrogens is 400 g/mol. The summed E-state index contributed by atoms with van der Waals surface area (Å²) < 4.78 is 5.27. The topological polar surface area (TPSA) is 96.7 Å². The van der Waals surface area contributed by atoms with E-state index in [0.29, 0.717) is 56.5 Å². The van der Waals surface area contributed by atoms with Crippen molar-refractivity contribution in [3.05, 3.63) is 45.8 Å². The number of oxime groups is 1. The van der Waals surface area contributed by atoms with Crippen LogP contribution < -0.4 is 0 Å². The van der Waals surface area contributed by atoms with Gasteiger partial charge in [0, 0.05) is 36.5 Å². The van der Waals surface area contributed by atoms with E-state index in [2.05, 4.69) is 43.0 Å². The van der Waals surface area contributed by atoms with Gasteiger partial charge < -0.3 is 9.57 Å². The van der Waals surface area contributed by atoms with Crippen molar-refractivity contribution in [3.63, 3.8) is 0 Å². The van der Waals surface area contributed by atoms with Gasteiger partial charge in [-0.05, 0) is 17.5 Å². The van der Waals surface area contributed by atoms with Crippen molar-refractivity contribution >= 4 is 27.9 Å². The van der Waals surface area contributed by atoms with Crippen LogP contribution in [0, 0.1) is 11.8 Å². The predicted octanol–water partition coefficient (Wildman–Crippen LogP) is 4.12. The third-order valence-corrected chi connectivity index (χ3v) is 3.39. The monoisotopic (exact) mass is 420 g/mol. The lowest BCUT2D eigenvalue weighted by Gasteiger charge is -2.03. The van der Waals surface area contributed by atoms with Crippen LogP contribution in [0.3, 0.4) is 0 Å². The van der Waals surface area contributed by atoms with Crippen molar-refractivity contribution in [1.29, 1.82) is 0 Å². The Morgan fingerprint density at radius 2 is 2.04 bits per heavy atom. The molecule has 0 spiro atoms. The SMILES string of the molecule is [N-]=[N+]=NCCOCCCC(=O)c1ccc(/C=N/OCCC#CCBr)cc1. The molecule has 1 rings (SSSR count). The first-order valence-corrected chi connectivity index (χ1v) is 9.29. The molecule has 0 radical (unpaired) electrons. The van der Waals surface area contributed by atoms with Crippen molar-refractivity contribution in [2.45, 2.75) is 19.3 Å². The zero-order valence-electron chi connectivity index (χ0n) is 14.4. The summed E-state index contributed by atoms with van der Waals surface area (Å²) in [6.45, 7) is 1.59. The number of benzene rings is 1. The molecule has 0 amide bonds. The second-order valence-electron chi connectivity index (χ2n) is 5.02. The normalized spacial score (nSPS) is 10.0. The third-order valence-electron chi connectivity index (χ3n) is 3.11. The summed E-state index contributed by atoms with van der Waals surface area (Å²) in [5.41, 5.74) is 9.64. The van der Waals surface area contributed by atoms with Crippen molar-refractivity contribution in [2.75, 3.05) is 31.7 Å². The number of alkyl halides is 1. The Kier molecular flexibility index (Phi) is 12.5. The fourth-order valence-corrected chi connectivity index (χ4v) is 2.07. The molecule has 0 fully saturated rings. The Bertz CT molecular complexity index is 674. The summed E-state index contributed by atoms with van der Waals surface area (Å²) in [7, 11) is 0. The van der Waals surface area contributed by atoms with Gasteiger partial charge in [0.15, 0.2) is 5.78 Å². The fraction of sp³-hybridized carbons (Fsp3) is 0.444. The molecule has 1 aromatic carbocycles. The first kappa shape index (κ1) is 21.7. The highest BCUT2D eigenvalue weighted by Gasteiger charge is 2.05. The molecule has 7 nitrogen and oxygen atoms in total. The molecular formula is C18H21BrN4O3. The van der Waals surface area contributed by atoms with Crippen LogP contribution in [0.4, 0.5) is 0 Å². The van der Waals surface area contributed by atoms with E-state index in [1.165, 1.54) is 0 Å². The van der Waals surface area contributed by atoms with Crippen molar-refractivity contribution < 1.29 is 14.4 Å². The Balaban J connectivity index is 2.26. The fourth-order valence-electron chi connectivity index (χ4n) is 1.87. The van der Waals surface area contributed by atoms with Gasteiger partial charge in [-0.25, -0.2) is 0 Å². The van der Waals surface area contributed by atoms with Crippen LogP contribution in [0.5, 0.6) is 0 Å². The Labute approximate surface area is 161 Å². The van der Waals surface area contributed by atoms with Gasteiger partial charge in [0.05, 0.1) is 18.2 Å². The van der Waals surface area contributed by atoms with Crippen LogP contribution in [-0.4, -0.2) is 43.7 Å². The molecule has 0 saturated carbocycles. The highest BCUT2D eigenvalue weighted by atomic mass is 79.9. The predicted molar refractivity (Wildman–Crippen MR) is 105 cm³/mol. The first-order valence-electron chi connectivity index (χ1n) is 8.17. The van der Waals surface area contributed by atoms with E-state index in [1.807, 2.05) is 12.1 Å². The number of ketones is 1. The van der Waals surface area contributed by atoms with E-state index in [9.17, 15) is 4.79 Å². The maximum atomic E-state index is 12.1. The van der Waals surface area contributed by atoms with Gasteiger partial charge in [-0.2, -0.15) is 0 Å². The molecule has 0 aliphatic rings. The number of Topliss-reactive ketones (excluding diaryl/α,β-unsaturated/α-hetero) is 1. The lowest BCUT2D eigenvalue weighted by molar-refractivity contribution is 0.0943. The van der Waals surface area contributed by atoms with E-state index in [1.54, 1.807) is 18.3 Å². The molecule has 0 N–H and O–H groups in total. The van der Waals surface area contributed by atoms with Crippen molar-refractivity contribution in [2.24, 2.45) is 10.3 Å². The molecule has 0 aliphatic heterocycles. The van der Waals surface area contributed by atoms with Crippen LogP contribution in [0.1, 0.15) is 35.2 Å². The number of azide groups is 1. The summed E-state index contributed by atoms with van der Waals surface area (Å²) in [4.78, 5) is 19.8. The number of halogens is 1. The average molecular weight is 421 g/mol. The van der Waals surface area contributed by atoms with Crippen molar-refractivity contribution in [3.8, 4) is 11.8 Å². The molecule has 0 unspecified atom stereocenters. The van der Waals surface area contributed by atoms with Gasteiger partial charge in [-0.15, -0.1) is 0 Å². The first-order chi connectivity index (χ1) is 12.8. The van der Waals surface area contributed by atoms with Crippen LogP contribution in [-0.2, 0) is 9.57 Å². The van der Waals surface area contributed by atoms with E-state index in [-0.39, 0.29) is 5.78 Å². The quantitative estimate of drug-likeness (QED) is 0.0585. The van der Waals surface area contributed by atoms with Gasteiger partial charge in [-0.1, -0.05) is 62.3 Å². The zero-order valence-corrected chi connectivity index (χ0v) is 16.0. The second kappa shape index (κ2) is 15.0. The smallest absolute Gasteiger partial charge is 0.162 e. The summed E-state index contributed by atoms with van der Waals surface area (Å²) >= 11 is 3.22. The van der Waals surface area contributed by atoms with Crippen LogP contribution in [0.2, 0.25) is 0 Å². The molecule has 26 heavy (non-hydrogen) atoms. The van der Waals surface area contributed by atoms with E-state index in [4.69, 9.17) is 15.1 Å². The highest BCUT2D eigenvalue weighted by molar-refractivity contribution is 9.09. The molecule has 0 aliphatic carbocycles. The Hall–Kier alpha value is -2.33. The highest BCUT2D eigenvalue weighted by Crippen LogP contribution is 2.07. The minimum Gasteiger partial charge on any atom is -0.395 e. The number of ether oxygens (including phenoxy) is 1. The number of carbonyl (C=O) groups excluding carboxylic acids is 1. The van der Waals surface area contributed by atoms with Gasteiger partial charge in [0.2, 0.25) is 0 Å². The Morgan fingerprint density at radius 1 is 1.23 bits per heavy atom. The molecule has 0 bridgehead atoms. The summed E-state index contributed by atoms with van der Waals surface area (Å²) in [5.74, 6) is 5.87. The molecule has 0 heterocycles. The second-order valence-corrected chi connectivity index (χ2v) is 5.58. The standard InChI is InChI=1S/C18H21BrN4O3/c19-10-2-1-3-13-26-22-15-16-6-8-17(9-7-16)18(24)5-4-12-25-14-11-21-23-20/h6-9,15H,3-5,10-14H2/b22-15+. The van der Waals surface area contributed by atoms with Gasteiger partial charge >= 0.3 is 0 Å². The summed E-state index contributed by atoms with van der Waals surface area (Å²) in [5, 5.41) is 7.89. The molecule has 0 atom stereocenters. The summed E-state index contributed by atoms with van der Waals surface area (Å²) in [6, 6.07) is 7.18. The number of hydrogen-bond acceptors (Lipinski definition) is 5. The van der Waals surface area contributed by atoms with Gasteiger partial charge in [0.1, 0.15) is 6.61 Å². The zero-order chi connectivity index (χ0) is 18.9. The van der Waals surface area contributed by atoms with Crippen LogP contribution >= 0.6 is 15.9 Å². The van der Waals surface area contributed by atoms with Gasteiger partial charge in [0.25, 0.3) is 0 Å². The van der Waals surface area contributed by atoms with E-state index < -0.39 is 0 Å². The minimum absolute atomic E-state index is 0.0637. The van der Waals surface area contributed by atoms with Crippen LogP contribution in [0.15, 0.2) is 34.5 Å². The minimum atomic E-state index is 0.0637. The average Bonchev–Trinajstić information content (AvgIpc) is 2.67. The maximum Gasteiger partial charge on any atom is 0.162 e. The largest absolute Gasteiger partial charge is 0.395 e. The number of nitrogens with zero attached hydrogens (tertiary/aromatic N) is 4. The Morgan fingerprint density at radius 3 is 2.77 bits per heavy atom. The van der Waals surface area contributed by atoms with Crippen LogP contribution in [0.25, 0.3) is 10.4 Å².